The van der Waals surface area contributed by atoms with Gasteiger partial charge >= 0.3 is 0 Å². The summed E-state index contributed by atoms with van der Waals surface area (Å²) in [7, 11) is 1.63. The van der Waals surface area contributed by atoms with Crippen LogP contribution in [-0.2, 0) is 11.3 Å². The molecule has 6 heteroatoms. The molecule has 168 valence electrons. The number of oxime groups is 1. The Morgan fingerprint density at radius 1 is 1.03 bits per heavy atom. The SMILES string of the molecule is COc1ccc(C2=NO[C@]3(CCc4nc5ccccc5cc4C3=O)[C@@H]2c2ccc(Cl)cc2)cc1. The van der Waals surface area contributed by atoms with Crippen LogP contribution in [0.3, 0.4) is 0 Å². The second-order valence-corrected chi connectivity index (χ2v) is 9.11. The predicted octanol–water partition coefficient (Wildman–Crippen LogP) is 5.98. The van der Waals surface area contributed by atoms with E-state index in [0.717, 1.165) is 39.2 Å². The number of fused-ring (bicyclic) bond motifs is 2. The highest BCUT2D eigenvalue weighted by atomic mass is 35.5. The van der Waals surface area contributed by atoms with Gasteiger partial charge in [0.05, 0.1) is 30.0 Å². The average Bonchev–Trinajstić information content (AvgIpc) is 3.26. The summed E-state index contributed by atoms with van der Waals surface area (Å²) >= 11 is 6.18. The van der Waals surface area contributed by atoms with E-state index in [1.54, 1.807) is 7.11 Å². The van der Waals surface area contributed by atoms with Crippen LogP contribution in [0, 0.1) is 0 Å². The van der Waals surface area contributed by atoms with E-state index in [4.69, 9.17) is 26.2 Å². The number of halogens is 1. The molecule has 1 aliphatic carbocycles. The molecule has 0 unspecified atom stereocenters. The molecule has 1 aliphatic heterocycles. The molecule has 34 heavy (non-hydrogen) atoms. The number of benzene rings is 3. The minimum atomic E-state index is -1.14. The van der Waals surface area contributed by atoms with Crippen LogP contribution in [0.25, 0.3) is 10.9 Å². The zero-order valence-electron chi connectivity index (χ0n) is 18.5. The molecule has 2 atom stereocenters. The lowest BCUT2D eigenvalue weighted by Gasteiger charge is -2.35. The van der Waals surface area contributed by atoms with Crippen LogP contribution < -0.4 is 4.74 Å². The van der Waals surface area contributed by atoms with Crippen molar-refractivity contribution < 1.29 is 14.4 Å². The summed E-state index contributed by atoms with van der Waals surface area (Å²) in [6, 6.07) is 25.0. The average molecular weight is 469 g/mol. The molecule has 1 spiro atoms. The quantitative estimate of drug-likeness (QED) is 0.371. The van der Waals surface area contributed by atoms with Gasteiger partial charge in [0.2, 0.25) is 11.4 Å². The Morgan fingerprint density at radius 3 is 2.56 bits per heavy atom. The molecule has 0 bridgehead atoms. The monoisotopic (exact) mass is 468 g/mol. The minimum Gasteiger partial charge on any atom is -0.497 e. The van der Waals surface area contributed by atoms with Crippen molar-refractivity contribution >= 4 is 34.0 Å². The maximum absolute atomic E-state index is 14.1. The van der Waals surface area contributed by atoms with Crippen molar-refractivity contribution in [2.24, 2.45) is 5.16 Å². The van der Waals surface area contributed by atoms with Crippen LogP contribution >= 0.6 is 11.6 Å². The predicted molar refractivity (Wildman–Crippen MR) is 132 cm³/mol. The summed E-state index contributed by atoms with van der Waals surface area (Å²) in [5.74, 6) is 0.283. The number of carbonyl (C=O) groups excluding carboxylic acids is 1. The van der Waals surface area contributed by atoms with E-state index in [9.17, 15) is 4.79 Å². The molecular weight excluding hydrogens is 448 g/mol. The van der Waals surface area contributed by atoms with Gasteiger partial charge < -0.3 is 9.57 Å². The molecule has 4 aromatic rings. The van der Waals surface area contributed by atoms with E-state index in [2.05, 4.69) is 5.16 Å². The van der Waals surface area contributed by atoms with Crippen LogP contribution in [0.5, 0.6) is 5.75 Å². The highest BCUT2D eigenvalue weighted by Crippen LogP contribution is 2.48. The molecule has 2 aliphatic rings. The fourth-order valence-corrected chi connectivity index (χ4v) is 5.20. The molecular formula is C28H21ClN2O3. The smallest absolute Gasteiger partial charge is 0.212 e. The molecule has 1 aromatic heterocycles. The van der Waals surface area contributed by atoms with Crippen molar-refractivity contribution in [2.75, 3.05) is 7.11 Å². The van der Waals surface area contributed by atoms with Gasteiger partial charge in [0.25, 0.3) is 0 Å². The molecule has 2 heterocycles. The van der Waals surface area contributed by atoms with Crippen LogP contribution in [0.4, 0.5) is 0 Å². The fourth-order valence-electron chi connectivity index (χ4n) is 5.07. The van der Waals surface area contributed by atoms with Crippen LogP contribution in [0.1, 0.15) is 39.5 Å². The minimum absolute atomic E-state index is 0.0841. The number of aryl methyl sites for hydroxylation is 1. The van der Waals surface area contributed by atoms with Gasteiger partial charge in [-0.2, -0.15) is 0 Å². The zero-order valence-corrected chi connectivity index (χ0v) is 19.3. The molecule has 0 saturated heterocycles. The Labute approximate surface area is 202 Å². The third kappa shape index (κ3) is 3.19. The molecule has 0 amide bonds. The van der Waals surface area contributed by atoms with E-state index in [1.807, 2.05) is 78.9 Å². The highest BCUT2D eigenvalue weighted by molar-refractivity contribution is 6.30. The lowest BCUT2D eigenvalue weighted by molar-refractivity contribution is -0.0198. The summed E-state index contributed by atoms with van der Waals surface area (Å²) < 4.78 is 5.31. The van der Waals surface area contributed by atoms with Crippen molar-refractivity contribution in [3.8, 4) is 5.75 Å². The number of para-hydroxylation sites is 1. The highest BCUT2D eigenvalue weighted by Gasteiger charge is 2.57. The number of nitrogens with zero attached hydrogens (tertiary/aromatic N) is 2. The molecule has 5 nitrogen and oxygen atoms in total. The molecule has 6 rings (SSSR count). The molecule has 0 radical (unpaired) electrons. The topological polar surface area (TPSA) is 60.8 Å². The Hall–Kier alpha value is -3.70. The van der Waals surface area contributed by atoms with Gasteiger partial charge in [-0.3, -0.25) is 9.78 Å². The molecule has 3 aromatic carbocycles. The summed E-state index contributed by atoms with van der Waals surface area (Å²) in [5.41, 5.74) is 3.70. The first-order valence-corrected chi connectivity index (χ1v) is 11.6. The summed E-state index contributed by atoms with van der Waals surface area (Å²) in [6.07, 6.45) is 1.11. The molecule has 0 saturated carbocycles. The first kappa shape index (κ1) is 20.9. The number of hydrogen-bond acceptors (Lipinski definition) is 5. The van der Waals surface area contributed by atoms with Gasteiger partial charge in [0.15, 0.2) is 0 Å². The van der Waals surface area contributed by atoms with Crippen molar-refractivity contribution in [3.63, 3.8) is 0 Å². The molecule has 0 N–H and O–H groups in total. The second-order valence-electron chi connectivity index (χ2n) is 8.67. The Balaban J connectivity index is 1.49. The number of Topliss-reactive ketones (excluding diaryl/α,β-unsaturated/α-hetero) is 1. The standard InChI is InChI=1S/C28H21ClN2O3/c1-33-21-12-8-18(9-13-21)26-25(17-6-10-20(29)11-7-17)28(34-31-26)15-14-24-22(27(28)32)16-19-4-2-3-5-23(19)30-24/h2-13,16,25H,14-15H2,1H3/t25-,28-/m1/s1. The fraction of sp³-hybridized carbons (Fsp3) is 0.179. The number of hydrogen-bond donors (Lipinski definition) is 0. The maximum atomic E-state index is 14.1. The number of pyridine rings is 1. The third-order valence-electron chi connectivity index (χ3n) is 6.80. The first-order chi connectivity index (χ1) is 16.6. The van der Waals surface area contributed by atoms with E-state index >= 15 is 0 Å². The largest absolute Gasteiger partial charge is 0.497 e. The number of carbonyl (C=O) groups is 1. The van der Waals surface area contributed by atoms with Gasteiger partial charge in [-0.25, -0.2) is 0 Å². The number of rotatable bonds is 3. The number of aromatic nitrogens is 1. The summed E-state index contributed by atoms with van der Waals surface area (Å²) in [6.45, 7) is 0. The number of methoxy groups -OCH3 is 1. The van der Waals surface area contributed by atoms with E-state index in [-0.39, 0.29) is 11.7 Å². The zero-order chi connectivity index (χ0) is 23.3. The van der Waals surface area contributed by atoms with E-state index in [0.29, 0.717) is 23.4 Å². The normalized spacial score (nSPS) is 21.3. The van der Waals surface area contributed by atoms with Crippen molar-refractivity contribution in [2.45, 2.75) is 24.4 Å². The van der Waals surface area contributed by atoms with Crippen molar-refractivity contribution in [1.29, 1.82) is 0 Å². The lowest BCUT2D eigenvalue weighted by atomic mass is 9.68. The number of ether oxygens (including phenoxy) is 1. The van der Waals surface area contributed by atoms with Gasteiger partial charge in [0, 0.05) is 28.0 Å². The second kappa shape index (κ2) is 7.96. The first-order valence-electron chi connectivity index (χ1n) is 11.2. The summed E-state index contributed by atoms with van der Waals surface area (Å²) in [4.78, 5) is 25.0. The summed E-state index contributed by atoms with van der Waals surface area (Å²) in [5, 5.41) is 6.07. The maximum Gasteiger partial charge on any atom is 0.212 e. The molecule has 0 fully saturated rings. The lowest BCUT2D eigenvalue weighted by Crippen LogP contribution is -2.48. The Morgan fingerprint density at radius 2 is 1.79 bits per heavy atom. The van der Waals surface area contributed by atoms with E-state index in [1.165, 1.54) is 0 Å². The van der Waals surface area contributed by atoms with Crippen molar-refractivity contribution in [1.82, 2.24) is 4.98 Å². The van der Waals surface area contributed by atoms with Gasteiger partial charge in [0.1, 0.15) is 5.75 Å². The van der Waals surface area contributed by atoms with Gasteiger partial charge in [-0.15, -0.1) is 0 Å². The van der Waals surface area contributed by atoms with Crippen LogP contribution in [0.15, 0.2) is 84.0 Å². The van der Waals surface area contributed by atoms with E-state index < -0.39 is 5.60 Å². The Kier molecular flexibility index (Phi) is 4.89. The van der Waals surface area contributed by atoms with Gasteiger partial charge in [-0.05, 0) is 60.5 Å². The van der Waals surface area contributed by atoms with Gasteiger partial charge in [-0.1, -0.05) is 47.1 Å². The van der Waals surface area contributed by atoms with Crippen LogP contribution in [0.2, 0.25) is 5.02 Å². The number of ketones is 1. The third-order valence-corrected chi connectivity index (χ3v) is 7.05. The Bertz CT molecular complexity index is 1450. The van der Waals surface area contributed by atoms with Crippen molar-refractivity contribution in [3.05, 3.63) is 106 Å². The van der Waals surface area contributed by atoms with Crippen LogP contribution in [-0.4, -0.2) is 29.2 Å².